The summed E-state index contributed by atoms with van der Waals surface area (Å²) in [5.41, 5.74) is 4.76. The van der Waals surface area contributed by atoms with E-state index in [-0.39, 0.29) is 5.60 Å². The molecule has 0 amide bonds. The highest BCUT2D eigenvalue weighted by Crippen LogP contribution is 2.44. The van der Waals surface area contributed by atoms with Gasteiger partial charge in [-0.1, -0.05) is 72.6 Å². The maximum Gasteiger partial charge on any atom is 0.126 e. The minimum atomic E-state index is -0.0998. The average Bonchev–Trinajstić information content (AvgIpc) is 2.72. The van der Waals surface area contributed by atoms with E-state index < -0.39 is 0 Å². The first-order chi connectivity index (χ1) is 15.1. The first-order valence-corrected chi connectivity index (χ1v) is 13.2. The van der Waals surface area contributed by atoms with Crippen molar-refractivity contribution in [1.82, 2.24) is 0 Å². The molecule has 1 aliphatic rings. The summed E-state index contributed by atoms with van der Waals surface area (Å²) < 4.78 is 6.62. The third-order valence-electron chi connectivity index (χ3n) is 7.96. The van der Waals surface area contributed by atoms with Crippen LogP contribution in [0.5, 0.6) is 5.75 Å². The Hall–Kier alpha value is -1.38. The van der Waals surface area contributed by atoms with Crippen LogP contribution in [0, 0.1) is 43.4 Å². The van der Waals surface area contributed by atoms with Crippen molar-refractivity contribution in [2.45, 2.75) is 132 Å². The molecule has 2 rings (SSSR count). The van der Waals surface area contributed by atoms with E-state index >= 15 is 0 Å². The van der Waals surface area contributed by atoms with E-state index in [1.165, 1.54) is 56.9 Å². The number of nitrogens with zero attached hydrogens (tertiary/aromatic N) is 1. The lowest BCUT2D eigenvalue weighted by Crippen LogP contribution is -2.37. The highest BCUT2D eigenvalue weighted by atomic mass is 16.5. The summed E-state index contributed by atoms with van der Waals surface area (Å²) in [5.74, 6) is 3.53. The molecule has 1 aromatic rings. The Kier molecular flexibility index (Phi) is 10.2. The summed E-state index contributed by atoms with van der Waals surface area (Å²) in [6, 6.07) is 0. The average molecular weight is 444 g/mol. The zero-order valence-corrected chi connectivity index (χ0v) is 22.3. The summed E-state index contributed by atoms with van der Waals surface area (Å²) >= 11 is 0. The number of ether oxygens (including phenoxy) is 1. The van der Waals surface area contributed by atoms with Gasteiger partial charge >= 0.3 is 0 Å². The van der Waals surface area contributed by atoms with Crippen molar-refractivity contribution in [1.29, 1.82) is 0 Å². The van der Waals surface area contributed by atoms with Crippen molar-refractivity contribution in [2.75, 3.05) is 0 Å². The van der Waals surface area contributed by atoms with Crippen molar-refractivity contribution < 1.29 is 4.74 Å². The Morgan fingerprint density at radius 2 is 1.41 bits per heavy atom. The maximum atomic E-state index is 11.3. The number of hydrogen-bond donors (Lipinski definition) is 0. The summed E-state index contributed by atoms with van der Waals surface area (Å²) in [5, 5.41) is 3.29. The zero-order chi connectivity index (χ0) is 23.9. The van der Waals surface area contributed by atoms with Gasteiger partial charge in [-0.2, -0.15) is 0 Å². The minimum absolute atomic E-state index is 0.0998. The van der Waals surface area contributed by atoms with E-state index in [1.54, 1.807) is 0 Å². The maximum absolute atomic E-state index is 11.3. The molecule has 0 spiro atoms. The molecular weight excluding hydrogens is 394 g/mol. The smallest absolute Gasteiger partial charge is 0.126 e. The van der Waals surface area contributed by atoms with Gasteiger partial charge in [0.2, 0.25) is 0 Å². The fourth-order valence-corrected chi connectivity index (χ4v) is 5.41. The standard InChI is InChI=1S/C29H49NO2/c1-20(2)12-9-13-21(3)14-10-15-22(4)16-11-18-29(8)19-17-26-25(7)27(30-31)23(5)24(6)28(26)32-29/h20-22H,9-19H2,1-8H3/t21-,22-,29-/m1/s1. The molecule has 0 N–H and O–H groups in total. The summed E-state index contributed by atoms with van der Waals surface area (Å²) in [6.07, 6.45) is 13.9. The summed E-state index contributed by atoms with van der Waals surface area (Å²) in [7, 11) is 0. The van der Waals surface area contributed by atoms with Gasteiger partial charge < -0.3 is 4.74 Å². The number of benzene rings is 1. The SMILES string of the molecule is Cc1c(C)c2c(c(C)c1N=O)CC[C@@](C)(CCC[C@H](C)CCC[C@H](C)CCCC(C)C)O2. The van der Waals surface area contributed by atoms with Crippen LogP contribution in [0.1, 0.15) is 121 Å². The molecule has 0 saturated heterocycles. The topological polar surface area (TPSA) is 38.7 Å². The first-order valence-electron chi connectivity index (χ1n) is 13.2. The van der Waals surface area contributed by atoms with Crippen molar-refractivity contribution in [3.8, 4) is 5.75 Å². The van der Waals surface area contributed by atoms with E-state index in [1.807, 2.05) is 13.8 Å². The molecular formula is C29H49NO2. The molecule has 32 heavy (non-hydrogen) atoms. The number of hydrogen-bond acceptors (Lipinski definition) is 3. The van der Waals surface area contributed by atoms with Gasteiger partial charge in [-0.25, -0.2) is 0 Å². The molecule has 0 aliphatic carbocycles. The Labute approximate surface area is 198 Å². The van der Waals surface area contributed by atoms with Crippen LogP contribution in [0.2, 0.25) is 0 Å². The third-order valence-corrected chi connectivity index (χ3v) is 7.96. The van der Waals surface area contributed by atoms with Crippen molar-refractivity contribution in [3.05, 3.63) is 27.2 Å². The number of nitroso groups, excluding NO2 is 1. The van der Waals surface area contributed by atoms with Crippen LogP contribution in [0.4, 0.5) is 5.69 Å². The van der Waals surface area contributed by atoms with Gasteiger partial charge in [-0.3, -0.25) is 0 Å². The van der Waals surface area contributed by atoms with Crippen LogP contribution in [0.25, 0.3) is 0 Å². The van der Waals surface area contributed by atoms with Gasteiger partial charge in [-0.15, -0.1) is 4.91 Å². The lowest BCUT2D eigenvalue weighted by atomic mass is 9.83. The molecule has 1 heterocycles. The molecule has 3 nitrogen and oxygen atoms in total. The molecule has 3 atom stereocenters. The second kappa shape index (κ2) is 12.2. The first kappa shape index (κ1) is 26.9. The minimum Gasteiger partial charge on any atom is -0.487 e. The highest BCUT2D eigenvalue weighted by Gasteiger charge is 2.34. The van der Waals surface area contributed by atoms with Crippen molar-refractivity contribution in [3.63, 3.8) is 0 Å². The van der Waals surface area contributed by atoms with Gasteiger partial charge in [0.1, 0.15) is 17.0 Å². The highest BCUT2D eigenvalue weighted by molar-refractivity contribution is 5.65. The molecule has 182 valence electrons. The van der Waals surface area contributed by atoms with Gasteiger partial charge in [-0.05, 0) is 98.6 Å². The molecule has 0 radical (unpaired) electrons. The molecule has 0 fully saturated rings. The summed E-state index contributed by atoms with van der Waals surface area (Å²) in [4.78, 5) is 11.3. The van der Waals surface area contributed by atoms with Crippen LogP contribution in [-0.4, -0.2) is 5.60 Å². The van der Waals surface area contributed by atoms with E-state index in [0.717, 1.165) is 59.5 Å². The van der Waals surface area contributed by atoms with Gasteiger partial charge in [0, 0.05) is 0 Å². The lowest BCUT2D eigenvalue weighted by Gasteiger charge is -2.38. The predicted molar refractivity (Wildman–Crippen MR) is 138 cm³/mol. The fraction of sp³-hybridized carbons (Fsp3) is 0.793. The quantitative estimate of drug-likeness (QED) is 0.285. The molecule has 0 bridgehead atoms. The molecule has 3 heteroatoms. The second-order valence-electron chi connectivity index (χ2n) is 11.5. The van der Waals surface area contributed by atoms with Crippen molar-refractivity contribution in [2.24, 2.45) is 22.9 Å². The molecule has 1 aromatic carbocycles. The Bertz CT molecular complexity index is 754. The lowest BCUT2D eigenvalue weighted by molar-refractivity contribution is 0.0514. The molecule has 0 aromatic heterocycles. The Morgan fingerprint density at radius 3 is 1.97 bits per heavy atom. The molecule has 1 aliphatic heterocycles. The Balaban J connectivity index is 1.77. The molecule has 0 saturated carbocycles. The Morgan fingerprint density at radius 1 is 0.844 bits per heavy atom. The van der Waals surface area contributed by atoms with Gasteiger partial charge in [0.05, 0.1) is 0 Å². The predicted octanol–water partition coefficient (Wildman–Crippen LogP) is 9.53. The van der Waals surface area contributed by atoms with Gasteiger partial charge in [0.25, 0.3) is 0 Å². The largest absolute Gasteiger partial charge is 0.487 e. The monoisotopic (exact) mass is 443 g/mol. The van der Waals surface area contributed by atoms with E-state index in [2.05, 4.69) is 46.7 Å². The van der Waals surface area contributed by atoms with E-state index in [0.29, 0.717) is 5.69 Å². The third kappa shape index (κ3) is 7.32. The normalized spacial score (nSPS) is 20.0. The van der Waals surface area contributed by atoms with Crippen LogP contribution in [0.15, 0.2) is 5.18 Å². The molecule has 0 unspecified atom stereocenters. The number of fused-ring (bicyclic) bond motifs is 1. The summed E-state index contributed by atoms with van der Waals surface area (Å²) in [6.45, 7) is 17.9. The van der Waals surface area contributed by atoms with Crippen LogP contribution >= 0.6 is 0 Å². The second-order valence-corrected chi connectivity index (χ2v) is 11.5. The van der Waals surface area contributed by atoms with E-state index in [4.69, 9.17) is 4.74 Å². The zero-order valence-electron chi connectivity index (χ0n) is 22.3. The van der Waals surface area contributed by atoms with Crippen molar-refractivity contribution >= 4 is 5.69 Å². The fourth-order valence-electron chi connectivity index (χ4n) is 5.41. The van der Waals surface area contributed by atoms with Crippen LogP contribution in [-0.2, 0) is 6.42 Å². The number of rotatable bonds is 13. The van der Waals surface area contributed by atoms with Gasteiger partial charge in [0.15, 0.2) is 0 Å². The van der Waals surface area contributed by atoms with Crippen LogP contribution in [0.3, 0.4) is 0 Å². The van der Waals surface area contributed by atoms with Crippen LogP contribution < -0.4 is 4.74 Å². The van der Waals surface area contributed by atoms with E-state index in [9.17, 15) is 4.91 Å².